The molecule has 0 atom stereocenters. The van der Waals surface area contributed by atoms with Gasteiger partial charge in [-0.15, -0.1) is 0 Å². The number of carbonyl (C=O) groups excluding carboxylic acids is 1. The van der Waals surface area contributed by atoms with Crippen LogP contribution >= 0.6 is 0 Å². The molecule has 5 nitrogen and oxygen atoms in total. The number of amides is 1. The zero-order valence-electron chi connectivity index (χ0n) is 10.9. The van der Waals surface area contributed by atoms with Gasteiger partial charge < -0.3 is 5.73 Å². The number of pyridine rings is 1. The van der Waals surface area contributed by atoms with Gasteiger partial charge in [-0.3, -0.25) is 10.2 Å². The largest absolute Gasteiger partial charge is 0.320 e. The number of carbonyl (C=O) groups is 1. The lowest BCUT2D eigenvalue weighted by Gasteiger charge is -2.26. The van der Waals surface area contributed by atoms with Crippen LogP contribution in [0.1, 0.15) is 35.3 Å². The molecule has 0 spiro atoms. The van der Waals surface area contributed by atoms with E-state index in [2.05, 4.69) is 22.3 Å². The van der Waals surface area contributed by atoms with Crippen LogP contribution in [0, 0.1) is 11.8 Å². The summed E-state index contributed by atoms with van der Waals surface area (Å²) in [7, 11) is 0. The predicted molar refractivity (Wildman–Crippen MR) is 73.1 cm³/mol. The zero-order chi connectivity index (χ0) is 13.5. The molecule has 0 radical (unpaired) electrons. The molecule has 2 rings (SSSR count). The number of nitrogens with one attached hydrogen (secondary N) is 1. The summed E-state index contributed by atoms with van der Waals surface area (Å²) >= 11 is 0. The van der Waals surface area contributed by atoms with E-state index in [0.717, 1.165) is 25.9 Å². The van der Waals surface area contributed by atoms with Gasteiger partial charge in [0.15, 0.2) is 0 Å². The maximum absolute atomic E-state index is 12.2. The second kappa shape index (κ2) is 6.88. The highest BCUT2D eigenvalue weighted by molar-refractivity contribution is 5.94. The van der Waals surface area contributed by atoms with Crippen LogP contribution in [0.3, 0.4) is 0 Å². The van der Waals surface area contributed by atoms with Crippen LogP contribution in [0.15, 0.2) is 18.3 Å². The minimum absolute atomic E-state index is 0.205. The van der Waals surface area contributed by atoms with Crippen molar-refractivity contribution in [2.75, 3.05) is 19.6 Å². The molecule has 19 heavy (non-hydrogen) atoms. The van der Waals surface area contributed by atoms with E-state index in [1.54, 1.807) is 18.3 Å². The Labute approximate surface area is 113 Å². The van der Waals surface area contributed by atoms with E-state index in [-0.39, 0.29) is 12.5 Å². The quantitative estimate of drug-likeness (QED) is 0.759. The molecule has 1 aliphatic heterocycles. The van der Waals surface area contributed by atoms with Gasteiger partial charge in [0.2, 0.25) is 0 Å². The number of nitrogens with two attached hydrogens (primary N) is 1. The smallest absolute Gasteiger partial charge is 0.285 e. The Morgan fingerprint density at radius 2 is 2.21 bits per heavy atom. The summed E-state index contributed by atoms with van der Waals surface area (Å²) in [6.45, 7) is 2.05. The second-order valence-electron chi connectivity index (χ2n) is 4.39. The zero-order valence-corrected chi connectivity index (χ0v) is 10.9. The van der Waals surface area contributed by atoms with Gasteiger partial charge in [-0.05, 0) is 25.0 Å². The summed E-state index contributed by atoms with van der Waals surface area (Å²) in [4.78, 5) is 16.3. The minimum Gasteiger partial charge on any atom is -0.320 e. The Bertz CT molecular complexity index is 498. The topological polar surface area (TPSA) is 71.2 Å². The lowest BCUT2D eigenvalue weighted by molar-refractivity contribution is 0.0744. The highest BCUT2D eigenvalue weighted by atomic mass is 16.2. The fourth-order valence-electron chi connectivity index (χ4n) is 2.04. The van der Waals surface area contributed by atoms with Crippen molar-refractivity contribution in [3.63, 3.8) is 0 Å². The molecule has 0 aliphatic carbocycles. The number of rotatable bonds is 2. The minimum atomic E-state index is -0.205. The standard InChI is InChI=1S/C14H18N4O/c15-8-4-6-12-7-5-9-16-13(12)14(19)17-18-10-2-1-3-11-18/h5,7,9H,1-3,8,10-11,15H2,(H,17,19). The van der Waals surface area contributed by atoms with E-state index in [0.29, 0.717) is 11.3 Å². The Morgan fingerprint density at radius 3 is 2.95 bits per heavy atom. The average Bonchev–Trinajstić information content (AvgIpc) is 2.46. The highest BCUT2D eigenvalue weighted by Gasteiger charge is 2.16. The summed E-state index contributed by atoms with van der Waals surface area (Å²) in [6, 6.07) is 3.54. The first kappa shape index (κ1) is 13.5. The van der Waals surface area contributed by atoms with Crippen LogP contribution in [-0.2, 0) is 0 Å². The first-order valence-corrected chi connectivity index (χ1v) is 6.51. The van der Waals surface area contributed by atoms with E-state index in [1.807, 2.05) is 5.01 Å². The van der Waals surface area contributed by atoms with Crippen molar-refractivity contribution in [3.05, 3.63) is 29.6 Å². The van der Waals surface area contributed by atoms with Crippen LogP contribution < -0.4 is 11.2 Å². The van der Waals surface area contributed by atoms with Crippen molar-refractivity contribution in [1.82, 2.24) is 15.4 Å². The molecule has 0 saturated carbocycles. The van der Waals surface area contributed by atoms with Crippen LogP contribution in [-0.4, -0.2) is 35.5 Å². The molecular weight excluding hydrogens is 240 g/mol. The number of piperidine rings is 1. The average molecular weight is 258 g/mol. The highest BCUT2D eigenvalue weighted by Crippen LogP contribution is 2.08. The van der Waals surface area contributed by atoms with Crippen molar-refractivity contribution in [2.24, 2.45) is 5.73 Å². The molecule has 1 aromatic heterocycles. The molecular formula is C14H18N4O. The number of hydrazine groups is 1. The van der Waals surface area contributed by atoms with Crippen molar-refractivity contribution in [1.29, 1.82) is 0 Å². The van der Waals surface area contributed by atoms with Crippen LogP contribution in [0.2, 0.25) is 0 Å². The number of nitrogens with zero attached hydrogens (tertiary/aromatic N) is 2. The van der Waals surface area contributed by atoms with Gasteiger partial charge in [-0.25, -0.2) is 9.99 Å². The first-order valence-electron chi connectivity index (χ1n) is 6.51. The number of hydrogen-bond donors (Lipinski definition) is 2. The third kappa shape index (κ3) is 3.78. The Hall–Kier alpha value is -1.90. The fraction of sp³-hybridized carbons (Fsp3) is 0.429. The van der Waals surface area contributed by atoms with Crippen molar-refractivity contribution in [2.45, 2.75) is 19.3 Å². The van der Waals surface area contributed by atoms with E-state index in [4.69, 9.17) is 5.73 Å². The number of hydrogen-bond acceptors (Lipinski definition) is 4. The van der Waals surface area contributed by atoms with Crippen LogP contribution in [0.25, 0.3) is 0 Å². The van der Waals surface area contributed by atoms with Gasteiger partial charge in [0.25, 0.3) is 5.91 Å². The van der Waals surface area contributed by atoms with Gasteiger partial charge >= 0.3 is 0 Å². The normalized spacial score (nSPS) is 15.4. The van der Waals surface area contributed by atoms with Crippen molar-refractivity contribution in [3.8, 4) is 11.8 Å². The maximum Gasteiger partial charge on any atom is 0.285 e. The third-order valence-electron chi connectivity index (χ3n) is 2.96. The molecule has 0 bridgehead atoms. The summed E-state index contributed by atoms with van der Waals surface area (Å²) in [5.41, 5.74) is 9.20. The summed E-state index contributed by atoms with van der Waals surface area (Å²) in [5.74, 6) is 5.42. The summed E-state index contributed by atoms with van der Waals surface area (Å²) in [5, 5.41) is 1.95. The Kier molecular flexibility index (Phi) is 4.90. The second-order valence-corrected chi connectivity index (χ2v) is 4.39. The molecule has 0 aromatic carbocycles. The maximum atomic E-state index is 12.2. The molecule has 1 fully saturated rings. The fourth-order valence-corrected chi connectivity index (χ4v) is 2.04. The molecule has 1 saturated heterocycles. The molecule has 0 unspecified atom stereocenters. The van der Waals surface area contributed by atoms with Gasteiger partial charge in [0, 0.05) is 19.3 Å². The SMILES string of the molecule is NCC#Cc1cccnc1C(=O)NN1CCCCC1. The monoisotopic (exact) mass is 258 g/mol. The van der Waals surface area contributed by atoms with E-state index in [1.165, 1.54) is 6.42 Å². The lowest BCUT2D eigenvalue weighted by atomic mass is 10.1. The van der Waals surface area contributed by atoms with E-state index in [9.17, 15) is 4.79 Å². The molecule has 5 heteroatoms. The molecule has 100 valence electrons. The van der Waals surface area contributed by atoms with Crippen molar-refractivity contribution < 1.29 is 4.79 Å². The van der Waals surface area contributed by atoms with Gasteiger partial charge in [-0.2, -0.15) is 0 Å². The third-order valence-corrected chi connectivity index (χ3v) is 2.96. The van der Waals surface area contributed by atoms with Gasteiger partial charge in [-0.1, -0.05) is 18.3 Å². The van der Waals surface area contributed by atoms with Crippen LogP contribution in [0.4, 0.5) is 0 Å². The van der Waals surface area contributed by atoms with E-state index >= 15 is 0 Å². The predicted octanol–water partition coefficient (Wildman–Crippen LogP) is 0.522. The van der Waals surface area contributed by atoms with E-state index < -0.39 is 0 Å². The first-order chi connectivity index (χ1) is 9.31. The van der Waals surface area contributed by atoms with Gasteiger partial charge in [0.05, 0.1) is 12.1 Å². The Morgan fingerprint density at radius 1 is 1.42 bits per heavy atom. The Balaban J connectivity index is 2.09. The van der Waals surface area contributed by atoms with Crippen LogP contribution in [0.5, 0.6) is 0 Å². The number of aromatic nitrogens is 1. The molecule has 3 N–H and O–H groups in total. The van der Waals surface area contributed by atoms with Gasteiger partial charge in [0.1, 0.15) is 5.69 Å². The van der Waals surface area contributed by atoms with Crippen molar-refractivity contribution >= 4 is 5.91 Å². The summed E-state index contributed by atoms with van der Waals surface area (Å²) in [6.07, 6.45) is 5.05. The molecule has 1 aromatic rings. The lowest BCUT2D eigenvalue weighted by Crippen LogP contribution is -2.45. The summed E-state index contributed by atoms with van der Waals surface area (Å²) < 4.78 is 0. The molecule has 1 aliphatic rings. The molecule has 1 amide bonds. The molecule has 2 heterocycles.